The summed E-state index contributed by atoms with van der Waals surface area (Å²) >= 11 is 16.1. The Hall–Kier alpha value is -2.30. The van der Waals surface area contributed by atoms with Gasteiger partial charge in [0.1, 0.15) is 4.90 Å². The number of carbonyl (C=O) groups is 2. The number of rotatable bonds is 6. The van der Waals surface area contributed by atoms with Crippen molar-refractivity contribution in [2.45, 2.75) is 11.4 Å². The molecule has 0 aromatic heterocycles. The first-order chi connectivity index (χ1) is 16.1. The summed E-state index contributed by atoms with van der Waals surface area (Å²) in [6.45, 7) is 0.0701. The normalized spacial score (nSPS) is 15.3. The molecule has 1 aliphatic rings. The fraction of sp³-hybridized carbons (Fsp3) is 0.0435. The van der Waals surface area contributed by atoms with Gasteiger partial charge in [-0.15, -0.1) is 0 Å². The van der Waals surface area contributed by atoms with Gasteiger partial charge in [-0.3, -0.25) is 14.5 Å². The highest BCUT2D eigenvalue weighted by Crippen LogP contribution is 2.36. The van der Waals surface area contributed by atoms with Gasteiger partial charge in [-0.25, -0.2) is 0 Å². The zero-order chi connectivity index (χ0) is 24.5. The standard InChI is InChI=1S/C23H14BrCl2NO5S2/c24-18-11-14(5-10-20(18)32-34(30,31)17-8-6-16(25)7-9-17)12-21-22(28)27(23(29)33-21)13-15-3-1-2-4-19(15)26/h1-12H,13H2/b21-12-. The van der Waals surface area contributed by atoms with E-state index in [0.717, 1.165) is 16.7 Å². The quantitative estimate of drug-likeness (QED) is 0.230. The Morgan fingerprint density at radius 3 is 2.38 bits per heavy atom. The molecule has 0 aliphatic carbocycles. The van der Waals surface area contributed by atoms with Gasteiger partial charge in [0.25, 0.3) is 11.1 Å². The molecule has 4 rings (SSSR count). The summed E-state index contributed by atoms with van der Waals surface area (Å²) in [6, 6.07) is 17.2. The predicted molar refractivity (Wildman–Crippen MR) is 136 cm³/mol. The first-order valence-electron chi connectivity index (χ1n) is 9.62. The third-order valence-corrected chi connectivity index (χ3v) is 8.11. The van der Waals surface area contributed by atoms with Crippen LogP contribution < -0.4 is 4.18 Å². The van der Waals surface area contributed by atoms with Crippen LogP contribution >= 0.6 is 50.9 Å². The van der Waals surface area contributed by atoms with Gasteiger partial charge in [0.2, 0.25) is 0 Å². The molecular weight excluding hydrogens is 585 g/mol. The highest BCUT2D eigenvalue weighted by Gasteiger charge is 2.35. The lowest BCUT2D eigenvalue weighted by Gasteiger charge is -2.13. The maximum atomic E-state index is 12.8. The summed E-state index contributed by atoms with van der Waals surface area (Å²) in [5.74, 6) is -0.365. The Morgan fingerprint density at radius 1 is 1.00 bits per heavy atom. The minimum Gasteiger partial charge on any atom is -0.378 e. The molecule has 0 spiro atoms. The van der Waals surface area contributed by atoms with Crippen molar-refractivity contribution in [2.24, 2.45) is 0 Å². The zero-order valence-electron chi connectivity index (χ0n) is 17.1. The van der Waals surface area contributed by atoms with E-state index in [1.54, 1.807) is 42.5 Å². The number of benzene rings is 3. The molecule has 0 saturated carbocycles. The number of amides is 2. The Balaban J connectivity index is 1.52. The van der Waals surface area contributed by atoms with Crippen molar-refractivity contribution in [1.29, 1.82) is 0 Å². The molecule has 1 heterocycles. The summed E-state index contributed by atoms with van der Waals surface area (Å²) < 4.78 is 30.6. The van der Waals surface area contributed by atoms with Crippen LogP contribution in [0.15, 0.2) is 81.0 Å². The van der Waals surface area contributed by atoms with Gasteiger partial charge in [0.05, 0.1) is 15.9 Å². The van der Waals surface area contributed by atoms with Gasteiger partial charge in [-0.05, 0) is 87.4 Å². The minimum absolute atomic E-state index is 0.0416. The molecule has 0 bridgehead atoms. The van der Waals surface area contributed by atoms with Crippen LogP contribution in [0.1, 0.15) is 11.1 Å². The van der Waals surface area contributed by atoms with E-state index >= 15 is 0 Å². The first-order valence-corrected chi connectivity index (χ1v) is 13.4. The maximum absolute atomic E-state index is 12.8. The molecule has 0 atom stereocenters. The summed E-state index contributed by atoms with van der Waals surface area (Å²) in [5, 5.41) is 0.476. The lowest BCUT2D eigenvalue weighted by molar-refractivity contribution is -0.123. The third kappa shape index (κ3) is 5.50. The number of carbonyl (C=O) groups excluding carboxylic acids is 2. The van der Waals surface area contributed by atoms with Gasteiger partial charge in [-0.2, -0.15) is 8.42 Å². The lowest BCUT2D eigenvalue weighted by Crippen LogP contribution is -2.27. The molecule has 174 valence electrons. The zero-order valence-corrected chi connectivity index (χ0v) is 21.8. The van der Waals surface area contributed by atoms with Crippen LogP contribution in [0.4, 0.5) is 4.79 Å². The largest absolute Gasteiger partial charge is 0.378 e. The van der Waals surface area contributed by atoms with Crippen LogP contribution in [-0.4, -0.2) is 24.5 Å². The first kappa shape index (κ1) is 24.8. The van der Waals surface area contributed by atoms with Crippen LogP contribution in [0.3, 0.4) is 0 Å². The van der Waals surface area contributed by atoms with Crippen molar-refractivity contribution >= 4 is 78.2 Å². The summed E-state index contributed by atoms with van der Waals surface area (Å²) in [5.41, 5.74) is 1.24. The van der Waals surface area contributed by atoms with Crippen molar-refractivity contribution < 1.29 is 22.2 Å². The Morgan fingerprint density at radius 2 is 1.71 bits per heavy atom. The van der Waals surface area contributed by atoms with Gasteiger partial charge in [0, 0.05) is 10.0 Å². The van der Waals surface area contributed by atoms with Gasteiger partial charge < -0.3 is 4.18 Å². The number of imide groups is 1. The third-order valence-electron chi connectivity index (χ3n) is 4.72. The second kappa shape index (κ2) is 10.1. The van der Waals surface area contributed by atoms with Crippen molar-refractivity contribution in [1.82, 2.24) is 4.90 Å². The molecule has 2 amide bonds. The molecule has 11 heteroatoms. The van der Waals surface area contributed by atoms with Crippen LogP contribution in [0.5, 0.6) is 5.75 Å². The van der Waals surface area contributed by atoms with Gasteiger partial charge in [0.15, 0.2) is 5.75 Å². The van der Waals surface area contributed by atoms with E-state index in [-0.39, 0.29) is 22.1 Å². The Kier molecular flexibility index (Phi) is 7.39. The van der Waals surface area contributed by atoms with Gasteiger partial charge in [-0.1, -0.05) is 47.5 Å². The summed E-state index contributed by atoms with van der Waals surface area (Å²) in [4.78, 5) is 26.5. The highest BCUT2D eigenvalue weighted by atomic mass is 79.9. The minimum atomic E-state index is -4.07. The van der Waals surface area contributed by atoms with Crippen molar-refractivity contribution in [3.8, 4) is 5.75 Å². The van der Waals surface area contributed by atoms with Crippen molar-refractivity contribution in [2.75, 3.05) is 0 Å². The average Bonchev–Trinajstić information content (AvgIpc) is 3.04. The Bertz CT molecular complexity index is 1430. The van der Waals surface area contributed by atoms with E-state index < -0.39 is 21.3 Å². The number of halogens is 3. The van der Waals surface area contributed by atoms with E-state index in [1.807, 2.05) is 0 Å². The molecule has 3 aromatic carbocycles. The number of thioether (sulfide) groups is 1. The molecule has 1 saturated heterocycles. The molecule has 1 fully saturated rings. The smallest absolute Gasteiger partial charge is 0.339 e. The van der Waals surface area contributed by atoms with E-state index in [9.17, 15) is 18.0 Å². The van der Waals surface area contributed by atoms with Crippen molar-refractivity contribution in [3.05, 3.63) is 97.3 Å². The van der Waals surface area contributed by atoms with Crippen molar-refractivity contribution in [3.63, 3.8) is 0 Å². The molecular formula is C23H14BrCl2NO5S2. The van der Waals surface area contributed by atoms with Crippen LogP contribution in [0, 0.1) is 0 Å². The maximum Gasteiger partial charge on any atom is 0.339 e. The van der Waals surface area contributed by atoms with Crippen LogP contribution in [0.25, 0.3) is 6.08 Å². The number of hydrogen-bond donors (Lipinski definition) is 0. The summed E-state index contributed by atoms with van der Waals surface area (Å²) in [6.07, 6.45) is 1.56. The molecule has 0 radical (unpaired) electrons. The monoisotopic (exact) mass is 597 g/mol. The van der Waals surface area contributed by atoms with E-state index in [1.165, 1.54) is 30.3 Å². The van der Waals surface area contributed by atoms with E-state index in [4.69, 9.17) is 27.4 Å². The topological polar surface area (TPSA) is 80.8 Å². The molecule has 0 N–H and O–H groups in total. The van der Waals surface area contributed by atoms with Crippen LogP contribution in [0.2, 0.25) is 10.0 Å². The molecule has 34 heavy (non-hydrogen) atoms. The molecule has 0 unspecified atom stereocenters. The number of nitrogens with zero attached hydrogens (tertiary/aromatic N) is 1. The van der Waals surface area contributed by atoms with E-state index in [2.05, 4.69) is 15.9 Å². The average molecular weight is 599 g/mol. The SMILES string of the molecule is O=C1S/C(=C\c2ccc(OS(=O)(=O)c3ccc(Cl)cc3)c(Br)c2)C(=O)N1Cc1ccccc1Cl. The van der Waals surface area contributed by atoms with Gasteiger partial charge >= 0.3 is 10.1 Å². The number of hydrogen-bond acceptors (Lipinski definition) is 6. The Labute approximate surface area is 218 Å². The fourth-order valence-electron chi connectivity index (χ4n) is 3.03. The second-order valence-corrected chi connectivity index (χ2v) is 11.3. The van der Waals surface area contributed by atoms with E-state index in [0.29, 0.717) is 25.6 Å². The predicted octanol–water partition coefficient (Wildman–Crippen LogP) is 6.76. The molecule has 3 aromatic rings. The fourth-order valence-corrected chi connectivity index (χ4v) is 5.72. The van der Waals surface area contributed by atoms with Crippen LogP contribution in [-0.2, 0) is 21.5 Å². The highest BCUT2D eigenvalue weighted by molar-refractivity contribution is 9.10. The summed E-state index contributed by atoms with van der Waals surface area (Å²) in [7, 11) is -4.07. The second-order valence-electron chi connectivity index (χ2n) is 7.04. The lowest BCUT2D eigenvalue weighted by atomic mass is 10.2. The molecule has 1 aliphatic heterocycles. The molecule has 6 nitrogen and oxygen atoms in total.